The molecular weight excluding hydrogens is 1000 g/mol. The van der Waals surface area contributed by atoms with Gasteiger partial charge >= 0.3 is 19.8 Å². The Hall–Kier alpha value is -2.03. The van der Waals surface area contributed by atoms with Gasteiger partial charge in [-0.15, -0.1) is 0 Å². The molecule has 0 rings (SSSR count). The summed E-state index contributed by atoms with van der Waals surface area (Å²) in [4.78, 5) is 35.3. The van der Waals surface area contributed by atoms with Gasteiger partial charge in [0.05, 0.1) is 13.2 Å². The van der Waals surface area contributed by atoms with Crippen LogP contribution >= 0.6 is 7.82 Å². The third-order valence-corrected chi connectivity index (χ3v) is 16.2. The van der Waals surface area contributed by atoms with E-state index in [0.717, 1.165) is 44.9 Å². The van der Waals surface area contributed by atoms with E-state index in [4.69, 9.17) is 24.3 Å². The van der Waals surface area contributed by atoms with Gasteiger partial charge in [0, 0.05) is 19.4 Å². The van der Waals surface area contributed by atoms with Crippen LogP contribution in [0.15, 0.2) is 48.6 Å². The fraction of sp³-hybridized carbons (Fsp3) is 0.855. The zero-order chi connectivity index (χ0) is 57.3. The average Bonchev–Trinajstić information content (AvgIpc) is 3.44. The normalized spacial score (nSPS) is 13.2. The van der Waals surface area contributed by atoms with E-state index in [1.807, 2.05) is 0 Å². The van der Waals surface area contributed by atoms with Crippen molar-refractivity contribution in [2.45, 2.75) is 354 Å². The maximum absolute atomic E-state index is 12.8. The molecule has 0 aromatic carbocycles. The Kier molecular flexibility index (Phi) is 63.5. The van der Waals surface area contributed by atoms with Crippen molar-refractivity contribution in [2.24, 2.45) is 5.73 Å². The zero-order valence-electron chi connectivity index (χ0n) is 52.1. The average molecular weight is 1130 g/mol. The monoisotopic (exact) mass is 1130 g/mol. The molecule has 0 amide bonds. The summed E-state index contributed by atoms with van der Waals surface area (Å²) in [5, 5.41) is 0. The molecule has 0 aliphatic heterocycles. The van der Waals surface area contributed by atoms with Crippen molar-refractivity contribution < 1.29 is 37.6 Å². The smallest absolute Gasteiger partial charge is 0.462 e. The molecule has 0 heterocycles. The molecule has 0 aliphatic carbocycles. The molecule has 0 fully saturated rings. The van der Waals surface area contributed by atoms with Gasteiger partial charge in [-0.1, -0.05) is 306 Å². The van der Waals surface area contributed by atoms with Crippen LogP contribution in [0, 0.1) is 0 Å². The minimum atomic E-state index is -4.39. The van der Waals surface area contributed by atoms with Crippen molar-refractivity contribution in [1.82, 2.24) is 0 Å². The number of rotatable bonds is 65. The quantitative estimate of drug-likeness (QED) is 0.0264. The predicted molar refractivity (Wildman–Crippen MR) is 340 cm³/mol. The van der Waals surface area contributed by atoms with Gasteiger partial charge in [0.2, 0.25) is 0 Å². The number of hydrogen-bond donors (Lipinski definition) is 2. The van der Waals surface area contributed by atoms with Gasteiger partial charge in [-0.3, -0.25) is 18.6 Å². The largest absolute Gasteiger partial charge is 0.472 e. The first-order chi connectivity index (χ1) is 38.8. The number of allylic oxidation sites excluding steroid dienone is 8. The van der Waals surface area contributed by atoms with Crippen molar-refractivity contribution in [3.8, 4) is 0 Å². The fourth-order valence-electron chi connectivity index (χ4n) is 10.1. The number of phosphoric ester groups is 1. The number of carbonyl (C=O) groups is 2. The Morgan fingerprint density at radius 1 is 0.380 bits per heavy atom. The first kappa shape index (κ1) is 77.0. The lowest BCUT2D eigenvalue weighted by Crippen LogP contribution is -2.29. The zero-order valence-corrected chi connectivity index (χ0v) is 53.0. The molecule has 0 spiro atoms. The van der Waals surface area contributed by atoms with Crippen molar-refractivity contribution in [3.63, 3.8) is 0 Å². The third kappa shape index (κ3) is 65.0. The molecule has 3 N–H and O–H groups in total. The van der Waals surface area contributed by atoms with Crippen LogP contribution in [-0.2, 0) is 32.7 Å². The standard InChI is InChI=1S/C69H130NO8P/c1-3-5-7-9-11-13-15-17-19-21-23-25-27-29-30-31-32-33-34-35-36-38-40-42-44-46-48-50-52-54-56-58-60-62-69(72)78-67(66-77-79(73,74)76-64-63-70)65-75-68(71)61-59-57-55-53-51-49-47-45-43-41-39-37-28-26-24-22-20-18-16-14-12-10-8-6-4-2/h15-18,21-24,67H,3-14,19-20,25-66,70H2,1-2H3,(H,73,74)/b17-15-,18-16-,23-21-,24-22-. The fourth-order valence-corrected chi connectivity index (χ4v) is 10.9. The van der Waals surface area contributed by atoms with Crippen molar-refractivity contribution in [2.75, 3.05) is 26.4 Å². The molecule has 464 valence electrons. The lowest BCUT2D eigenvalue weighted by molar-refractivity contribution is -0.161. The number of nitrogens with two attached hydrogens (primary N) is 1. The van der Waals surface area contributed by atoms with Crippen LogP contribution in [-0.4, -0.2) is 49.3 Å². The highest BCUT2D eigenvalue weighted by Crippen LogP contribution is 2.43. The molecule has 0 bridgehead atoms. The third-order valence-electron chi connectivity index (χ3n) is 15.2. The lowest BCUT2D eigenvalue weighted by Gasteiger charge is -2.19. The summed E-state index contributed by atoms with van der Waals surface area (Å²) >= 11 is 0. The summed E-state index contributed by atoms with van der Waals surface area (Å²) in [6.07, 6.45) is 82.0. The van der Waals surface area contributed by atoms with Crippen molar-refractivity contribution in [1.29, 1.82) is 0 Å². The topological polar surface area (TPSA) is 134 Å². The Labute approximate surface area is 489 Å². The molecule has 0 aromatic heterocycles. The number of phosphoric acid groups is 1. The summed E-state index contributed by atoms with van der Waals surface area (Å²) in [5.74, 6) is -0.811. The molecule has 79 heavy (non-hydrogen) atoms. The minimum absolute atomic E-state index is 0.0546. The van der Waals surface area contributed by atoms with Gasteiger partial charge < -0.3 is 20.1 Å². The van der Waals surface area contributed by atoms with Crippen LogP contribution in [0.4, 0.5) is 0 Å². The first-order valence-corrected chi connectivity index (χ1v) is 35.6. The highest BCUT2D eigenvalue weighted by atomic mass is 31.2. The predicted octanol–water partition coefficient (Wildman–Crippen LogP) is 22.1. The number of hydrogen-bond acceptors (Lipinski definition) is 8. The second-order valence-corrected chi connectivity index (χ2v) is 24.5. The maximum Gasteiger partial charge on any atom is 0.472 e. The van der Waals surface area contributed by atoms with E-state index in [0.29, 0.717) is 6.42 Å². The Morgan fingerprint density at radius 3 is 0.962 bits per heavy atom. The lowest BCUT2D eigenvalue weighted by atomic mass is 10.0. The van der Waals surface area contributed by atoms with Crippen LogP contribution in [0.5, 0.6) is 0 Å². The summed E-state index contributed by atoms with van der Waals surface area (Å²) in [6, 6.07) is 0. The molecule has 2 unspecified atom stereocenters. The van der Waals surface area contributed by atoms with Crippen LogP contribution in [0.1, 0.15) is 348 Å². The second kappa shape index (κ2) is 65.1. The SMILES string of the molecule is CCCCCCC/C=C\C/C=C\CCCCCCCCCCCCCCCCCCCCCCCC(=O)OC(COC(=O)CCCCCCCCCCCCCCC/C=C\C/C=C\CCCCCCC)COP(=O)(O)OCCN. The van der Waals surface area contributed by atoms with Gasteiger partial charge in [-0.2, -0.15) is 0 Å². The van der Waals surface area contributed by atoms with E-state index in [-0.39, 0.29) is 38.6 Å². The van der Waals surface area contributed by atoms with Gasteiger partial charge in [0.15, 0.2) is 6.10 Å². The van der Waals surface area contributed by atoms with E-state index in [1.54, 1.807) is 0 Å². The molecule has 0 saturated carbocycles. The first-order valence-electron chi connectivity index (χ1n) is 34.1. The minimum Gasteiger partial charge on any atom is -0.462 e. The van der Waals surface area contributed by atoms with E-state index < -0.39 is 26.5 Å². The van der Waals surface area contributed by atoms with E-state index in [2.05, 4.69) is 62.5 Å². The van der Waals surface area contributed by atoms with Gasteiger partial charge in [-0.25, -0.2) is 4.57 Å². The summed E-state index contributed by atoms with van der Waals surface area (Å²) in [6.45, 7) is 3.78. The van der Waals surface area contributed by atoms with E-state index >= 15 is 0 Å². The summed E-state index contributed by atoms with van der Waals surface area (Å²) < 4.78 is 33.2. The van der Waals surface area contributed by atoms with E-state index in [9.17, 15) is 19.0 Å². The molecule has 9 nitrogen and oxygen atoms in total. The molecule has 0 radical (unpaired) electrons. The van der Waals surface area contributed by atoms with Crippen LogP contribution in [0.25, 0.3) is 0 Å². The van der Waals surface area contributed by atoms with E-state index in [1.165, 1.54) is 270 Å². The second-order valence-electron chi connectivity index (χ2n) is 23.0. The van der Waals surface area contributed by atoms with Crippen molar-refractivity contribution in [3.05, 3.63) is 48.6 Å². The van der Waals surface area contributed by atoms with Crippen LogP contribution < -0.4 is 5.73 Å². The molecule has 0 saturated heterocycles. The number of carbonyl (C=O) groups excluding carboxylic acids is 2. The van der Waals surface area contributed by atoms with Gasteiger partial charge in [0.25, 0.3) is 0 Å². The molecular formula is C69H130NO8P. The number of ether oxygens (including phenoxy) is 2. The van der Waals surface area contributed by atoms with Gasteiger partial charge in [0.1, 0.15) is 6.61 Å². The highest BCUT2D eigenvalue weighted by Gasteiger charge is 2.26. The molecule has 2 atom stereocenters. The molecule has 10 heteroatoms. The van der Waals surface area contributed by atoms with Crippen LogP contribution in [0.2, 0.25) is 0 Å². The number of unbranched alkanes of at least 4 members (excludes halogenated alkanes) is 44. The Bertz CT molecular complexity index is 1430. The molecule has 0 aliphatic rings. The number of esters is 2. The maximum atomic E-state index is 12.8. The van der Waals surface area contributed by atoms with Gasteiger partial charge in [-0.05, 0) is 77.0 Å². The molecule has 0 aromatic rings. The summed E-state index contributed by atoms with van der Waals surface area (Å²) in [7, 11) is -4.39. The van der Waals surface area contributed by atoms with Crippen molar-refractivity contribution >= 4 is 19.8 Å². The summed E-state index contributed by atoms with van der Waals surface area (Å²) in [5.41, 5.74) is 5.40. The highest BCUT2D eigenvalue weighted by molar-refractivity contribution is 7.47. The Balaban J connectivity index is 3.84. The van der Waals surface area contributed by atoms with Crippen LogP contribution in [0.3, 0.4) is 0 Å². The Morgan fingerprint density at radius 2 is 0.658 bits per heavy atom.